The third-order valence-electron chi connectivity index (χ3n) is 4.40. The molecule has 0 bridgehead atoms. The van der Waals surface area contributed by atoms with Crippen LogP contribution in [0.4, 0.5) is 9.80 Å². The average Bonchev–Trinajstić information content (AvgIpc) is 3.06. The highest BCUT2D eigenvalue weighted by Crippen LogP contribution is 2.36. The van der Waals surface area contributed by atoms with Gasteiger partial charge in [-0.3, -0.25) is 9.78 Å². The molecular weight excluding hydrogens is 400 g/mol. The summed E-state index contributed by atoms with van der Waals surface area (Å²) >= 11 is 1.33. The number of thiophene rings is 1. The molecule has 0 saturated heterocycles. The predicted octanol–water partition coefficient (Wildman–Crippen LogP) is 4.21. The zero-order chi connectivity index (χ0) is 21.7. The molecule has 1 aliphatic heterocycles. The number of carbonyl (C=O) groups excluding carboxylic acids is 2. The molecule has 0 aliphatic carbocycles. The molecule has 2 aromatic heterocycles. The van der Waals surface area contributed by atoms with E-state index in [0.29, 0.717) is 36.7 Å². The van der Waals surface area contributed by atoms with Gasteiger partial charge in [0.15, 0.2) is 0 Å². The molecular formula is C22H24N4O3S. The van der Waals surface area contributed by atoms with Crippen molar-refractivity contribution in [2.24, 2.45) is 5.41 Å². The van der Waals surface area contributed by atoms with E-state index in [4.69, 9.17) is 4.74 Å². The van der Waals surface area contributed by atoms with E-state index in [1.165, 1.54) is 17.4 Å². The van der Waals surface area contributed by atoms with Gasteiger partial charge in [0.25, 0.3) is 0 Å². The van der Waals surface area contributed by atoms with Crippen molar-refractivity contribution >= 4 is 34.4 Å². The summed E-state index contributed by atoms with van der Waals surface area (Å²) in [5.74, 6) is -0.324. The summed E-state index contributed by atoms with van der Waals surface area (Å²) in [5.41, 5.74) is 2.08. The maximum Gasteiger partial charge on any atom is 0.410 e. The minimum atomic E-state index is -0.354. The number of anilines is 1. The molecule has 0 aromatic carbocycles. The number of pyridine rings is 1. The number of nitriles is 1. The molecule has 0 atom stereocenters. The van der Waals surface area contributed by atoms with Gasteiger partial charge in [-0.2, -0.15) is 5.26 Å². The SMILES string of the molecule is CC(C)(C)COC(=O)N1CCc2c(sc(NC(=O)/C=C/c3cccnc3)c2C#N)C1. The summed E-state index contributed by atoms with van der Waals surface area (Å²) in [5, 5.41) is 12.9. The Bertz CT molecular complexity index is 1000. The molecule has 0 unspecified atom stereocenters. The number of amides is 2. The van der Waals surface area contributed by atoms with Gasteiger partial charge in [0.05, 0.1) is 18.7 Å². The first-order valence-electron chi connectivity index (χ1n) is 9.62. The van der Waals surface area contributed by atoms with Crippen molar-refractivity contribution in [3.8, 4) is 6.07 Å². The van der Waals surface area contributed by atoms with Crippen LogP contribution in [0.1, 0.15) is 42.3 Å². The minimum Gasteiger partial charge on any atom is -0.449 e. The number of hydrogen-bond donors (Lipinski definition) is 1. The van der Waals surface area contributed by atoms with Gasteiger partial charge < -0.3 is 15.0 Å². The Hall–Kier alpha value is -3.18. The molecule has 1 N–H and O–H groups in total. The van der Waals surface area contributed by atoms with Crippen molar-refractivity contribution in [2.75, 3.05) is 18.5 Å². The van der Waals surface area contributed by atoms with Crippen molar-refractivity contribution in [1.82, 2.24) is 9.88 Å². The maximum absolute atomic E-state index is 12.4. The maximum atomic E-state index is 12.4. The average molecular weight is 425 g/mol. The van der Waals surface area contributed by atoms with Gasteiger partial charge in [-0.1, -0.05) is 26.8 Å². The molecule has 8 heteroatoms. The van der Waals surface area contributed by atoms with Crippen molar-refractivity contribution in [1.29, 1.82) is 5.26 Å². The quantitative estimate of drug-likeness (QED) is 0.742. The molecule has 156 valence electrons. The van der Waals surface area contributed by atoms with Crippen LogP contribution in [-0.4, -0.2) is 35.0 Å². The lowest BCUT2D eigenvalue weighted by Gasteiger charge is -2.28. The van der Waals surface area contributed by atoms with Gasteiger partial charge >= 0.3 is 6.09 Å². The van der Waals surface area contributed by atoms with Gasteiger partial charge in [-0.25, -0.2) is 4.79 Å². The summed E-state index contributed by atoms with van der Waals surface area (Å²) in [7, 11) is 0. The lowest BCUT2D eigenvalue weighted by Crippen LogP contribution is -2.37. The Morgan fingerprint density at radius 2 is 2.23 bits per heavy atom. The van der Waals surface area contributed by atoms with E-state index in [-0.39, 0.29) is 17.4 Å². The molecule has 0 spiro atoms. The highest BCUT2D eigenvalue weighted by molar-refractivity contribution is 7.16. The summed E-state index contributed by atoms with van der Waals surface area (Å²) in [6, 6.07) is 5.83. The van der Waals surface area contributed by atoms with Crippen LogP contribution in [0.2, 0.25) is 0 Å². The Morgan fingerprint density at radius 1 is 1.43 bits per heavy atom. The van der Waals surface area contributed by atoms with E-state index < -0.39 is 0 Å². The third kappa shape index (κ3) is 5.45. The molecule has 0 radical (unpaired) electrons. The summed E-state index contributed by atoms with van der Waals surface area (Å²) in [6.45, 7) is 7.21. The van der Waals surface area contributed by atoms with Crippen LogP contribution in [0.15, 0.2) is 30.6 Å². The molecule has 2 amide bonds. The molecule has 0 saturated carbocycles. The van der Waals surface area contributed by atoms with Gasteiger partial charge in [0.1, 0.15) is 11.1 Å². The monoisotopic (exact) mass is 424 g/mol. The second kappa shape index (κ2) is 9.09. The number of aromatic nitrogens is 1. The van der Waals surface area contributed by atoms with E-state index in [1.54, 1.807) is 29.4 Å². The first-order chi connectivity index (χ1) is 14.3. The summed E-state index contributed by atoms with van der Waals surface area (Å²) < 4.78 is 5.41. The Balaban J connectivity index is 1.69. The molecule has 2 aromatic rings. The molecule has 0 fully saturated rings. The van der Waals surface area contributed by atoms with Crippen molar-refractivity contribution < 1.29 is 14.3 Å². The molecule has 3 rings (SSSR count). The molecule has 1 aliphatic rings. The van der Waals surface area contributed by atoms with Crippen LogP contribution in [0.3, 0.4) is 0 Å². The Morgan fingerprint density at radius 3 is 2.90 bits per heavy atom. The molecule has 30 heavy (non-hydrogen) atoms. The first kappa shape index (κ1) is 21.5. The largest absolute Gasteiger partial charge is 0.449 e. The zero-order valence-corrected chi connectivity index (χ0v) is 18.1. The first-order valence-corrected chi connectivity index (χ1v) is 10.4. The van der Waals surface area contributed by atoms with Crippen LogP contribution in [0.5, 0.6) is 0 Å². The minimum absolute atomic E-state index is 0.103. The van der Waals surface area contributed by atoms with E-state index in [2.05, 4.69) is 16.4 Å². The number of hydrogen-bond acceptors (Lipinski definition) is 6. The fraction of sp³-hybridized carbons (Fsp3) is 0.364. The van der Waals surface area contributed by atoms with Crippen LogP contribution in [0, 0.1) is 16.7 Å². The van der Waals surface area contributed by atoms with Crippen LogP contribution in [0.25, 0.3) is 6.08 Å². The second-order valence-corrected chi connectivity index (χ2v) is 9.32. The second-order valence-electron chi connectivity index (χ2n) is 8.22. The predicted molar refractivity (Wildman–Crippen MR) is 116 cm³/mol. The highest BCUT2D eigenvalue weighted by atomic mass is 32.1. The van der Waals surface area contributed by atoms with Gasteiger partial charge in [0, 0.05) is 29.9 Å². The van der Waals surface area contributed by atoms with Gasteiger partial charge in [0.2, 0.25) is 5.91 Å². The molecule has 3 heterocycles. The normalized spacial score (nSPS) is 13.6. The van der Waals surface area contributed by atoms with Gasteiger partial charge in [-0.15, -0.1) is 11.3 Å². The lowest BCUT2D eigenvalue weighted by atomic mass is 9.99. The van der Waals surface area contributed by atoms with E-state index in [1.807, 2.05) is 26.8 Å². The lowest BCUT2D eigenvalue weighted by molar-refractivity contribution is -0.111. The summed E-state index contributed by atoms with van der Waals surface area (Å²) in [4.78, 5) is 31.2. The number of rotatable bonds is 4. The Kier molecular flexibility index (Phi) is 6.53. The fourth-order valence-corrected chi connectivity index (χ4v) is 4.15. The smallest absolute Gasteiger partial charge is 0.410 e. The van der Waals surface area contributed by atoms with E-state index >= 15 is 0 Å². The van der Waals surface area contributed by atoms with Crippen molar-refractivity contribution in [3.63, 3.8) is 0 Å². The van der Waals surface area contributed by atoms with Crippen molar-refractivity contribution in [3.05, 3.63) is 52.2 Å². The van der Waals surface area contributed by atoms with E-state index in [9.17, 15) is 14.9 Å². The fourth-order valence-electron chi connectivity index (χ4n) is 2.94. The van der Waals surface area contributed by atoms with Crippen LogP contribution < -0.4 is 5.32 Å². The number of nitrogens with zero attached hydrogens (tertiary/aromatic N) is 3. The summed E-state index contributed by atoms with van der Waals surface area (Å²) in [6.07, 6.45) is 6.59. The Labute approximate surface area is 180 Å². The molecule has 7 nitrogen and oxygen atoms in total. The van der Waals surface area contributed by atoms with Crippen LogP contribution in [-0.2, 0) is 22.5 Å². The zero-order valence-electron chi connectivity index (χ0n) is 17.3. The van der Waals surface area contributed by atoms with Gasteiger partial charge in [-0.05, 0) is 35.1 Å². The highest BCUT2D eigenvalue weighted by Gasteiger charge is 2.28. The topological polar surface area (TPSA) is 95.3 Å². The van der Waals surface area contributed by atoms with E-state index in [0.717, 1.165) is 16.0 Å². The third-order valence-corrected chi connectivity index (χ3v) is 5.54. The number of nitrogens with one attached hydrogen (secondary N) is 1. The number of fused-ring (bicyclic) bond motifs is 1. The number of carbonyl (C=O) groups is 2. The number of ether oxygens (including phenoxy) is 1. The standard InChI is InChI=1S/C22H24N4O3S/c1-22(2,3)14-29-21(28)26-10-8-16-17(11-23)20(30-18(16)13-26)25-19(27)7-6-15-5-4-9-24-12-15/h4-7,9,12H,8,10,13-14H2,1-3H3,(H,25,27)/b7-6+. The van der Waals surface area contributed by atoms with Crippen LogP contribution >= 0.6 is 11.3 Å². The van der Waals surface area contributed by atoms with Crippen molar-refractivity contribution in [2.45, 2.75) is 33.7 Å².